The van der Waals surface area contributed by atoms with E-state index in [1.165, 1.54) is 11.3 Å². The molecule has 3 aromatic rings. The van der Waals surface area contributed by atoms with Gasteiger partial charge in [0.05, 0.1) is 17.7 Å². The summed E-state index contributed by atoms with van der Waals surface area (Å²) >= 11 is 7.40. The lowest BCUT2D eigenvalue weighted by Gasteiger charge is -2.22. The van der Waals surface area contributed by atoms with Crippen LogP contribution in [-0.4, -0.2) is 44.3 Å². The van der Waals surface area contributed by atoms with Gasteiger partial charge in [0.2, 0.25) is 0 Å². The van der Waals surface area contributed by atoms with E-state index >= 15 is 0 Å². The van der Waals surface area contributed by atoms with E-state index in [2.05, 4.69) is 16.9 Å². The number of esters is 1. The number of hydrogen-bond donors (Lipinski definition) is 0. The first-order valence-electron chi connectivity index (χ1n) is 9.04. The molecule has 0 aromatic carbocycles. The summed E-state index contributed by atoms with van der Waals surface area (Å²) in [6, 6.07) is 3.34. The minimum atomic E-state index is -0.439. The van der Waals surface area contributed by atoms with Gasteiger partial charge in [-0.05, 0) is 31.4 Å². The number of ether oxygens (including phenoxy) is 1. The Labute approximate surface area is 170 Å². The van der Waals surface area contributed by atoms with E-state index < -0.39 is 5.97 Å². The number of thiazole rings is 1. The number of halogens is 1. The third kappa shape index (κ3) is 3.49. The SMILES string of the molecule is CCOC(=O)c1csc([C@H]2C[C@H](C)CN2C(=O)c2cn3cc(Cl)ccc3n2)n1. The van der Waals surface area contributed by atoms with Crippen molar-refractivity contribution in [3.8, 4) is 0 Å². The molecule has 1 fully saturated rings. The standard InChI is InChI=1S/C19H19ClN4O3S/c1-3-27-19(26)14-10-28-17(22-14)15-6-11(2)7-24(15)18(25)13-9-23-8-12(20)4-5-16(23)21-13/h4-5,8-11,15H,3,6-7H2,1-2H3/t11-,15+/m0/s1. The number of hydrogen-bond acceptors (Lipinski definition) is 6. The van der Waals surface area contributed by atoms with E-state index in [1.54, 1.807) is 46.1 Å². The summed E-state index contributed by atoms with van der Waals surface area (Å²) in [5.41, 5.74) is 1.31. The van der Waals surface area contributed by atoms with Gasteiger partial charge in [0, 0.05) is 24.3 Å². The molecule has 3 aromatic heterocycles. The second-order valence-electron chi connectivity index (χ2n) is 6.84. The van der Waals surface area contributed by atoms with Gasteiger partial charge in [-0.25, -0.2) is 14.8 Å². The molecule has 0 radical (unpaired) electrons. The first-order valence-corrected chi connectivity index (χ1v) is 10.3. The molecule has 2 atom stereocenters. The number of aromatic nitrogens is 3. The van der Waals surface area contributed by atoms with E-state index in [0.29, 0.717) is 35.4 Å². The number of nitrogens with zero attached hydrogens (tertiary/aromatic N) is 4. The molecule has 7 nitrogen and oxygen atoms in total. The summed E-state index contributed by atoms with van der Waals surface area (Å²) in [6.07, 6.45) is 4.20. The van der Waals surface area contributed by atoms with Crippen LogP contribution < -0.4 is 0 Å². The number of carbonyl (C=O) groups excluding carboxylic acids is 2. The van der Waals surface area contributed by atoms with Crippen molar-refractivity contribution in [3.05, 3.63) is 51.3 Å². The molecule has 0 bridgehead atoms. The Morgan fingerprint density at radius 1 is 1.29 bits per heavy atom. The zero-order valence-electron chi connectivity index (χ0n) is 15.5. The predicted octanol–water partition coefficient (Wildman–Crippen LogP) is 3.84. The molecule has 0 unspecified atom stereocenters. The van der Waals surface area contributed by atoms with Gasteiger partial charge in [-0.2, -0.15) is 0 Å². The van der Waals surface area contributed by atoms with Crippen molar-refractivity contribution in [1.29, 1.82) is 0 Å². The summed E-state index contributed by atoms with van der Waals surface area (Å²) in [4.78, 5) is 35.8. The van der Waals surface area contributed by atoms with Crippen molar-refractivity contribution in [1.82, 2.24) is 19.3 Å². The maximum Gasteiger partial charge on any atom is 0.357 e. The van der Waals surface area contributed by atoms with E-state index in [1.807, 2.05) is 0 Å². The number of amides is 1. The predicted molar refractivity (Wildman–Crippen MR) is 106 cm³/mol. The highest BCUT2D eigenvalue weighted by atomic mass is 35.5. The molecule has 1 aliphatic heterocycles. The minimum absolute atomic E-state index is 0.151. The summed E-state index contributed by atoms with van der Waals surface area (Å²) in [5, 5.41) is 3.00. The molecule has 1 saturated heterocycles. The van der Waals surface area contributed by atoms with Gasteiger partial charge in [-0.1, -0.05) is 18.5 Å². The molecular formula is C19H19ClN4O3S. The molecule has 28 heavy (non-hydrogen) atoms. The molecule has 9 heteroatoms. The van der Waals surface area contributed by atoms with E-state index in [0.717, 1.165) is 11.4 Å². The van der Waals surface area contributed by atoms with Gasteiger partial charge in [0.15, 0.2) is 5.69 Å². The Bertz CT molecular complexity index is 1050. The van der Waals surface area contributed by atoms with Crippen LogP contribution in [0.2, 0.25) is 5.02 Å². The highest BCUT2D eigenvalue weighted by Crippen LogP contribution is 2.37. The first kappa shape index (κ1) is 18.9. The molecular weight excluding hydrogens is 400 g/mol. The van der Waals surface area contributed by atoms with Gasteiger partial charge in [0.25, 0.3) is 5.91 Å². The monoisotopic (exact) mass is 418 g/mol. The molecule has 4 rings (SSSR count). The lowest BCUT2D eigenvalue weighted by Crippen LogP contribution is -2.31. The number of likely N-dealkylation sites (tertiary alicyclic amines) is 1. The van der Waals surface area contributed by atoms with Crippen molar-refractivity contribution < 1.29 is 14.3 Å². The van der Waals surface area contributed by atoms with Gasteiger partial charge in [0.1, 0.15) is 16.3 Å². The van der Waals surface area contributed by atoms with Crippen LogP contribution >= 0.6 is 22.9 Å². The van der Waals surface area contributed by atoms with Crippen LogP contribution in [0.25, 0.3) is 5.65 Å². The van der Waals surface area contributed by atoms with Gasteiger partial charge >= 0.3 is 5.97 Å². The number of rotatable bonds is 4. The van der Waals surface area contributed by atoms with Gasteiger partial charge in [-0.15, -0.1) is 11.3 Å². The Morgan fingerprint density at radius 3 is 2.89 bits per heavy atom. The average Bonchev–Trinajstić information content (AvgIpc) is 3.38. The van der Waals surface area contributed by atoms with Crippen molar-refractivity contribution in [2.24, 2.45) is 5.92 Å². The van der Waals surface area contributed by atoms with Crippen molar-refractivity contribution in [2.75, 3.05) is 13.2 Å². The lowest BCUT2D eigenvalue weighted by molar-refractivity contribution is 0.0520. The van der Waals surface area contributed by atoms with Crippen LogP contribution in [0.4, 0.5) is 0 Å². The maximum absolute atomic E-state index is 13.2. The van der Waals surface area contributed by atoms with Crippen LogP contribution in [0.1, 0.15) is 52.3 Å². The second-order valence-corrected chi connectivity index (χ2v) is 8.17. The molecule has 4 heterocycles. The third-order valence-corrected chi connectivity index (χ3v) is 5.87. The molecule has 0 N–H and O–H groups in total. The van der Waals surface area contributed by atoms with Crippen molar-refractivity contribution in [2.45, 2.75) is 26.3 Å². The largest absolute Gasteiger partial charge is 0.461 e. The fourth-order valence-electron chi connectivity index (χ4n) is 3.46. The topological polar surface area (TPSA) is 76.8 Å². The molecule has 0 saturated carbocycles. The van der Waals surface area contributed by atoms with E-state index in [9.17, 15) is 9.59 Å². The fraction of sp³-hybridized carbons (Fsp3) is 0.368. The Balaban J connectivity index is 1.61. The smallest absolute Gasteiger partial charge is 0.357 e. The third-order valence-electron chi connectivity index (χ3n) is 4.70. The lowest BCUT2D eigenvalue weighted by atomic mass is 10.1. The van der Waals surface area contributed by atoms with Crippen LogP contribution in [0.5, 0.6) is 0 Å². The number of fused-ring (bicyclic) bond motifs is 1. The van der Waals surface area contributed by atoms with E-state index in [4.69, 9.17) is 16.3 Å². The zero-order chi connectivity index (χ0) is 19.8. The summed E-state index contributed by atoms with van der Waals surface area (Å²) in [5.74, 6) is -0.261. The van der Waals surface area contributed by atoms with Gasteiger partial charge < -0.3 is 14.0 Å². The van der Waals surface area contributed by atoms with Gasteiger partial charge in [-0.3, -0.25) is 4.79 Å². The second kappa shape index (κ2) is 7.52. The van der Waals surface area contributed by atoms with Crippen LogP contribution in [0, 0.1) is 5.92 Å². The highest BCUT2D eigenvalue weighted by Gasteiger charge is 2.37. The number of pyridine rings is 1. The summed E-state index contributed by atoms with van der Waals surface area (Å²) in [6.45, 7) is 4.77. The number of imidazole rings is 1. The molecule has 0 spiro atoms. The van der Waals surface area contributed by atoms with Crippen molar-refractivity contribution >= 4 is 40.5 Å². The molecule has 1 aliphatic rings. The zero-order valence-corrected chi connectivity index (χ0v) is 17.0. The minimum Gasteiger partial charge on any atom is -0.461 e. The van der Waals surface area contributed by atoms with E-state index in [-0.39, 0.29) is 17.6 Å². The Morgan fingerprint density at radius 2 is 2.11 bits per heavy atom. The fourth-order valence-corrected chi connectivity index (χ4v) is 4.54. The summed E-state index contributed by atoms with van der Waals surface area (Å²) < 4.78 is 6.76. The first-order chi connectivity index (χ1) is 13.5. The average molecular weight is 419 g/mol. The molecule has 1 amide bonds. The number of carbonyl (C=O) groups is 2. The Hall–Kier alpha value is -2.45. The van der Waals surface area contributed by atoms with Crippen LogP contribution in [0.3, 0.4) is 0 Å². The Kier molecular flexibility index (Phi) is 5.07. The van der Waals surface area contributed by atoms with Crippen LogP contribution in [0.15, 0.2) is 29.9 Å². The highest BCUT2D eigenvalue weighted by molar-refractivity contribution is 7.09. The summed E-state index contributed by atoms with van der Waals surface area (Å²) in [7, 11) is 0. The normalized spacial score (nSPS) is 19.3. The maximum atomic E-state index is 13.2. The van der Waals surface area contributed by atoms with Crippen LogP contribution in [-0.2, 0) is 4.74 Å². The molecule has 0 aliphatic carbocycles. The van der Waals surface area contributed by atoms with Crippen molar-refractivity contribution in [3.63, 3.8) is 0 Å². The molecule has 146 valence electrons. The quantitative estimate of drug-likeness (QED) is 0.601.